The number of carbonyl (C=O) groups is 1. The van der Waals surface area contributed by atoms with E-state index in [4.69, 9.17) is 4.42 Å². The Kier molecular flexibility index (Phi) is 5.34. The first kappa shape index (κ1) is 23.6. The molecule has 184 valence electrons. The standard InChI is InChI=1S/C27H30F2N4O2/c1-7-33(25(34)23-14(2)35-16(4)30-23)15(3)27-12-11-18(26(27,5)6)17-13-21(31-32-24(17)27)22-19(28)9-8-10-20(22)29/h8-10,13,15,18H,7,11-12H2,1-6H3/t15-,18+,27+/m1/s1. The summed E-state index contributed by atoms with van der Waals surface area (Å²) in [4.78, 5) is 19.8. The van der Waals surface area contributed by atoms with Crippen LogP contribution in [0.3, 0.4) is 0 Å². The van der Waals surface area contributed by atoms with Crippen LogP contribution in [0.1, 0.15) is 79.9 Å². The summed E-state index contributed by atoms with van der Waals surface area (Å²) in [5, 5.41) is 8.90. The van der Waals surface area contributed by atoms with Crippen LogP contribution in [-0.4, -0.2) is 38.6 Å². The van der Waals surface area contributed by atoms with Gasteiger partial charge in [0.25, 0.3) is 5.91 Å². The number of fused-ring (bicyclic) bond motifs is 5. The number of likely N-dealkylation sites (N-methyl/N-ethyl adjacent to an activating group) is 1. The number of oxazole rings is 1. The molecule has 1 aromatic carbocycles. The zero-order chi connectivity index (χ0) is 25.3. The molecule has 2 aromatic heterocycles. The predicted molar refractivity (Wildman–Crippen MR) is 127 cm³/mol. The van der Waals surface area contributed by atoms with Crippen molar-refractivity contribution in [2.45, 2.75) is 71.8 Å². The number of carbonyl (C=O) groups excluding carboxylic acids is 1. The minimum absolute atomic E-state index is 0.147. The van der Waals surface area contributed by atoms with Crippen molar-refractivity contribution in [1.29, 1.82) is 0 Å². The fourth-order valence-electron chi connectivity index (χ4n) is 6.88. The molecule has 0 radical (unpaired) electrons. The van der Waals surface area contributed by atoms with Crippen LogP contribution in [0.15, 0.2) is 28.7 Å². The number of halogens is 2. The van der Waals surface area contributed by atoms with Crippen LogP contribution in [0.5, 0.6) is 0 Å². The van der Waals surface area contributed by atoms with E-state index in [-0.39, 0.29) is 34.5 Å². The second-order valence-electron chi connectivity index (χ2n) is 10.3. The largest absolute Gasteiger partial charge is 0.445 e. The SMILES string of the molecule is CCN(C(=O)c1nc(C)oc1C)[C@H](C)[C@@]12CC[C@@H](c3cc(-c4c(F)cccc4F)nnc31)C2(C)C. The summed E-state index contributed by atoms with van der Waals surface area (Å²) in [6.07, 6.45) is 1.75. The van der Waals surface area contributed by atoms with Crippen LogP contribution in [-0.2, 0) is 5.41 Å². The van der Waals surface area contributed by atoms with Crippen LogP contribution in [0.2, 0.25) is 0 Å². The number of amides is 1. The first-order valence-electron chi connectivity index (χ1n) is 12.1. The Morgan fingerprint density at radius 2 is 1.91 bits per heavy atom. The van der Waals surface area contributed by atoms with Gasteiger partial charge in [0.05, 0.1) is 17.0 Å². The molecule has 0 saturated heterocycles. The third-order valence-electron chi connectivity index (χ3n) is 8.58. The van der Waals surface area contributed by atoms with Gasteiger partial charge in [-0.05, 0) is 68.7 Å². The van der Waals surface area contributed by atoms with Gasteiger partial charge in [0, 0.05) is 24.9 Å². The molecular weight excluding hydrogens is 450 g/mol. The quantitative estimate of drug-likeness (QED) is 0.466. The molecule has 1 fully saturated rings. The Balaban J connectivity index is 1.61. The molecule has 35 heavy (non-hydrogen) atoms. The molecule has 3 aromatic rings. The van der Waals surface area contributed by atoms with E-state index in [9.17, 15) is 13.6 Å². The molecule has 6 nitrogen and oxygen atoms in total. The number of nitrogens with zero attached hydrogens (tertiary/aromatic N) is 4. The Morgan fingerprint density at radius 3 is 2.51 bits per heavy atom. The summed E-state index contributed by atoms with van der Waals surface area (Å²) >= 11 is 0. The number of aryl methyl sites for hydroxylation is 2. The molecule has 2 aliphatic rings. The fraction of sp³-hybridized carbons (Fsp3) is 0.481. The number of hydrogen-bond acceptors (Lipinski definition) is 5. The molecule has 0 unspecified atom stereocenters. The van der Waals surface area contributed by atoms with Crippen LogP contribution < -0.4 is 0 Å². The van der Waals surface area contributed by atoms with Gasteiger partial charge in [0.1, 0.15) is 17.4 Å². The molecule has 5 rings (SSSR count). The van der Waals surface area contributed by atoms with E-state index in [1.807, 2.05) is 11.8 Å². The van der Waals surface area contributed by atoms with Crippen molar-refractivity contribution in [3.05, 3.63) is 64.5 Å². The van der Waals surface area contributed by atoms with E-state index in [0.717, 1.165) is 24.1 Å². The van der Waals surface area contributed by atoms with Crippen LogP contribution in [0.25, 0.3) is 11.3 Å². The molecule has 2 aliphatic carbocycles. The van der Waals surface area contributed by atoms with Gasteiger partial charge in [-0.15, -0.1) is 0 Å². The summed E-state index contributed by atoms with van der Waals surface area (Å²) in [5.41, 5.74) is 1.47. The summed E-state index contributed by atoms with van der Waals surface area (Å²) in [6, 6.07) is 5.39. The smallest absolute Gasteiger partial charge is 0.276 e. The first-order chi connectivity index (χ1) is 16.5. The summed E-state index contributed by atoms with van der Waals surface area (Å²) in [7, 11) is 0. The third-order valence-corrected chi connectivity index (χ3v) is 8.58. The third kappa shape index (κ3) is 3.11. The monoisotopic (exact) mass is 480 g/mol. The fourth-order valence-corrected chi connectivity index (χ4v) is 6.88. The highest BCUT2D eigenvalue weighted by atomic mass is 19.1. The lowest BCUT2D eigenvalue weighted by Crippen LogP contribution is -2.55. The van der Waals surface area contributed by atoms with Gasteiger partial charge in [0.2, 0.25) is 0 Å². The van der Waals surface area contributed by atoms with Crippen LogP contribution in [0.4, 0.5) is 8.78 Å². The van der Waals surface area contributed by atoms with Gasteiger partial charge in [0.15, 0.2) is 11.6 Å². The highest BCUT2D eigenvalue weighted by molar-refractivity contribution is 5.93. The van der Waals surface area contributed by atoms with Gasteiger partial charge in [-0.2, -0.15) is 10.2 Å². The second-order valence-corrected chi connectivity index (χ2v) is 10.3. The minimum atomic E-state index is -0.661. The van der Waals surface area contributed by atoms with E-state index < -0.39 is 17.0 Å². The van der Waals surface area contributed by atoms with Gasteiger partial charge < -0.3 is 9.32 Å². The Bertz CT molecular complexity index is 1310. The van der Waals surface area contributed by atoms with Crippen molar-refractivity contribution in [3.8, 4) is 11.3 Å². The number of hydrogen-bond donors (Lipinski definition) is 0. The molecular formula is C27H30F2N4O2. The molecule has 0 N–H and O–H groups in total. The van der Waals surface area contributed by atoms with E-state index >= 15 is 0 Å². The van der Waals surface area contributed by atoms with E-state index in [1.54, 1.807) is 19.9 Å². The van der Waals surface area contributed by atoms with E-state index in [2.05, 4.69) is 36.0 Å². The molecule has 2 bridgehead atoms. The maximum absolute atomic E-state index is 14.5. The predicted octanol–water partition coefficient (Wildman–Crippen LogP) is 5.73. The van der Waals surface area contributed by atoms with Gasteiger partial charge >= 0.3 is 0 Å². The van der Waals surface area contributed by atoms with E-state index in [0.29, 0.717) is 23.9 Å². The number of rotatable bonds is 5. The molecule has 1 amide bonds. The lowest BCUT2D eigenvalue weighted by Gasteiger charge is -2.47. The zero-order valence-electron chi connectivity index (χ0n) is 20.9. The summed E-state index contributed by atoms with van der Waals surface area (Å²) in [5.74, 6) is -0.388. The maximum atomic E-state index is 14.5. The highest BCUT2D eigenvalue weighted by Crippen LogP contribution is 2.69. The van der Waals surface area contributed by atoms with Crippen molar-refractivity contribution in [2.24, 2.45) is 5.41 Å². The number of aromatic nitrogens is 3. The topological polar surface area (TPSA) is 72.1 Å². The van der Waals surface area contributed by atoms with Crippen molar-refractivity contribution < 1.29 is 18.0 Å². The Hall–Kier alpha value is -3.16. The van der Waals surface area contributed by atoms with Gasteiger partial charge in [-0.3, -0.25) is 4.79 Å². The minimum Gasteiger partial charge on any atom is -0.445 e. The lowest BCUT2D eigenvalue weighted by molar-refractivity contribution is 0.0441. The molecule has 2 heterocycles. The average molecular weight is 481 g/mol. The maximum Gasteiger partial charge on any atom is 0.276 e. The van der Waals surface area contributed by atoms with Crippen molar-refractivity contribution >= 4 is 5.91 Å². The summed E-state index contributed by atoms with van der Waals surface area (Å²) < 4.78 is 34.5. The molecule has 0 aliphatic heterocycles. The first-order valence-corrected chi connectivity index (χ1v) is 12.1. The van der Waals surface area contributed by atoms with Crippen molar-refractivity contribution in [1.82, 2.24) is 20.1 Å². The highest BCUT2D eigenvalue weighted by Gasteiger charge is 2.66. The molecule has 1 saturated carbocycles. The van der Waals surface area contributed by atoms with Crippen molar-refractivity contribution in [2.75, 3.05) is 6.54 Å². The Labute approximate surface area is 203 Å². The average Bonchev–Trinajstić information content (AvgIpc) is 3.35. The zero-order valence-corrected chi connectivity index (χ0v) is 20.9. The van der Waals surface area contributed by atoms with Gasteiger partial charge in [-0.25, -0.2) is 13.8 Å². The Morgan fingerprint density at radius 1 is 1.23 bits per heavy atom. The lowest BCUT2D eigenvalue weighted by atomic mass is 9.64. The van der Waals surface area contributed by atoms with Crippen molar-refractivity contribution in [3.63, 3.8) is 0 Å². The second kappa shape index (κ2) is 7.93. The van der Waals surface area contributed by atoms with E-state index in [1.165, 1.54) is 18.2 Å². The summed E-state index contributed by atoms with van der Waals surface area (Å²) in [6.45, 7) is 12.4. The molecule has 8 heteroatoms. The molecule has 0 spiro atoms. The van der Waals surface area contributed by atoms with Crippen LogP contribution >= 0.6 is 0 Å². The van der Waals surface area contributed by atoms with Crippen LogP contribution in [0, 0.1) is 30.9 Å². The number of benzene rings is 1. The normalized spacial score (nSPS) is 22.8. The van der Waals surface area contributed by atoms with Gasteiger partial charge in [-0.1, -0.05) is 19.9 Å². The molecule has 3 atom stereocenters.